The molecule has 110 valence electrons. The molecular weight excluding hydrogens is 272 g/mol. The van der Waals surface area contributed by atoms with Crippen LogP contribution in [0.15, 0.2) is 59.6 Å². The van der Waals surface area contributed by atoms with Gasteiger partial charge < -0.3 is 9.88 Å². The van der Waals surface area contributed by atoms with E-state index in [-0.39, 0.29) is 0 Å². The molecule has 4 heteroatoms. The Hall–Kier alpha value is -2.62. The van der Waals surface area contributed by atoms with Crippen LogP contribution in [-0.2, 0) is 13.0 Å². The zero-order chi connectivity index (χ0) is 14.8. The molecule has 1 aliphatic rings. The minimum atomic E-state index is 0.765. The molecular formula is C18H18N4. The van der Waals surface area contributed by atoms with E-state index < -0.39 is 0 Å². The van der Waals surface area contributed by atoms with Crippen molar-refractivity contribution in [3.63, 3.8) is 0 Å². The van der Waals surface area contributed by atoms with E-state index in [4.69, 9.17) is 0 Å². The van der Waals surface area contributed by atoms with Gasteiger partial charge in [-0.2, -0.15) is 0 Å². The molecule has 0 spiro atoms. The Kier molecular flexibility index (Phi) is 3.35. The van der Waals surface area contributed by atoms with Crippen molar-refractivity contribution in [2.75, 3.05) is 13.1 Å². The summed E-state index contributed by atoms with van der Waals surface area (Å²) in [5, 5.41) is 0. The van der Waals surface area contributed by atoms with Crippen LogP contribution in [0.5, 0.6) is 0 Å². The number of aliphatic imine (C=N–C) groups is 1. The Labute approximate surface area is 129 Å². The summed E-state index contributed by atoms with van der Waals surface area (Å²) in [5.74, 6) is 2.11. The molecule has 4 nitrogen and oxygen atoms in total. The molecule has 0 unspecified atom stereocenters. The van der Waals surface area contributed by atoms with Gasteiger partial charge in [-0.1, -0.05) is 42.5 Å². The van der Waals surface area contributed by atoms with Gasteiger partial charge in [-0.05, 0) is 17.7 Å². The third-order valence-corrected chi connectivity index (χ3v) is 4.01. The Morgan fingerprint density at radius 2 is 1.82 bits per heavy atom. The van der Waals surface area contributed by atoms with Gasteiger partial charge in [-0.15, -0.1) is 0 Å². The maximum Gasteiger partial charge on any atom is 0.114 e. The molecule has 2 aromatic carbocycles. The second-order valence-corrected chi connectivity index (χ2v) is 5.58. The predicted octanol–water partition coefficient (Wildman–Crippen LogP) is 3.02. The zero-order valence-corrected chi connectivity index (χ0v) is 12.4. The van der Waals surface area contributed by atoms with E-state index in [1.165, 1.54) is 5.56 Å². The number of H-pyrrole nitrogens is 1. The topological polar surface area (TPSA) is 44.3 Å². The van der Waals surface area contributed by atoms with Crippen molar-refractivity contribution in [3.8, 4) is 0 Å². The van der Waals surface area contributed by atoms with Crippen LogP contribution in [0.1, 0.15) is 11.4 Å². The maximum atomic E-state index is 4.66. The van der Waals surface area contributed by atoms with Gasteiger partial charge in [0.05, 0.1) is 24.0 Å². The monoisotopic (exact) mass is 290 g/mol. The number of hydrogen-bond acceptors (Lipinski definition) is 3. The highest BCUT2D eigenvalue weighted by Gasteiger charge is 2.18. The number of nitrogens with one attached hydrogen (secondary N) is 1. The summed E-state index contributed by atoms with van der Waals surface area (Å²) in [6, 6.07) is 18.7. The Bertz CT molecular complexity index is 771. The molecule has 0 amide bonds. The predicted molar refractivity (Wildman–Crippen MR) is 89.0 cm³/mol. The Morgan fingerprint density at radius 1 is 1.00 bits per heavy atom. The van der Waals surface area contributed by atoms with Crippen molar-refractivity contribution in [1.82, 2.24) is 14.9 Å². The highest BCUT2D eigenvalue weighted by molar-refractivity contribution is 5.86. The van der Waals surface area contributed by atoms with E-state index in [0.717, 1.165) is 48.7 Å². The van der Waals surface area contributed by atoms with Crippen molar-refractivity contribution in [3.05, 3.63) is 66.0 Å². The second-order valence-electron chi connectivity index (χ2n) is 5.58. The molecule has 1 N–H and O–H groups in total. The number of imidazole rings is 1. The second kappa shape index (κ2) is 5.64. The lowest BCUT2D eigenvalue weighted by Crippen LogP contribution is -2.28. The van der Waals surface area contributed by atoms with Gasteiger partial charge >= 0.3 is 0 Å². The number of aromatic amines is 1. The molecule has 1 aliphatic heterocycles. The van der Waals surface area contributed by atoms with E-state index in [0.29, 0.717) is 0 Å². The SMILES string of the molecule is c1ccc(CN2CCN=C2Cc2nc3ccccc3[nH]2)cc1. The maximum absolute atomic E-state index is 4.66. The molecule has 0 radical (unpaired) electrons. The summed E-state index contributed by atoms with van der Waals surface area (Å²) in [5.41, 5.74) is 3.43. The van der Waals surface area contributed by atoms with Gasteiger partial charge in [0.1, 0.15) is 11.7 Å². The Balaban J connectivity index is 1.51. The van der Waals surface area contributed by atoms with Crippen LogP contribution < -0.4 is 0 Å². The third-order valence-electron chi connectivity index (χ3n) is 4.01. The van der Waals surface area contributed by atoms with Gasteiger partial charge in [0.15, 0.2) is 0 Å². The average molecular weight is 290 g/mol. The van der Waals surface area contributed by atoms with Crippen LogP contribution in [-0.4, -0.2) is 33.8 Å². The van der Waals surface area contributed by atoms with Crippen molar-refractivity contribution >= 4 is 16.9 Å². The molecule has 0 saturated heterocycles. The number of fused-ring (bicyclic) bond motifs is 1. The van der Waals surface area contributed by atoms with Gasteiger partial charge in [-0.3, -0.25) is 4.99 Å². The van der Waals surface area contributed by atoms with E-state index >= 15 is 0 Å². The standard InChI is InChI=1S/C18H18N4/c1-2-6-14(7-3-1)13-22-11-10-19-18(22)12-17-20-15-8-4-5-9-16(15)21-17/h1-9H,10-13H2,(H,20,21). The molecule has 4 rings (SSSR count). The van der Waals surface area contributed by atoms with E-state index in [9.17, 15) is 0 Å². The summed E-state index contributed by atoms with van der Waals surface area (Å²) in [7, 11) is 0. The van der Waals surface area contributed by atoms with Gasteiger partial charge in [0, 0.05) is 13.1 Å². The number of benzene rings is 2. The van der Waals surface area contributed by atoms with E-state index in [1.54, 1.807) is 0 Å². The van der Waals surface area contributed by atoms with Gasteiger partial charge in [-0.25, -0.2) is 4.98 Å². The minimum absolute atomic E-state index is 0.765. The zero-order valence-electron chi connectivity index (χ0n) is 12.4. The van der Waals surface area contributed by atoms with Crippen molar-refractivity contribution in [1.29, 1.82) is 0 Å². The van der Waals surface area contributed by atoms with Crippen molar-refractivity contribution < 1.29 is 0 Å². The average Bonchev–Trinajstić information content (AvgIpc) is 3.15. The van der Waals surface area contributed by atoms with Gasteiger partial charge in [0.2, 0.25) is 0 Å². The molecule has 1 aromatic heterocycles. The van der Waals surface area contributed by atoms with Crippen LogP contribution >= 0.6 is 0 Å². The number of rotatable bonds is 4. The van der Waals surface area contributed by atoms with Gasteiger partial charge in [0.25, 0.3) is 0 Å². The van der Waals surface area contributed by atoms with Crippen LogP contribution in [0, 0.1) is 0 Å². The highest BCUT2D eigenvalue weighted by atomic mass is 15.2. The minimum Gasteiger partial charge on any atom is -0.354 e. The van der Waals surface area contributed by atoms with Crippen molar-refractivity contribution in [2.45, 2.75) is 13.0 Å². The molecule has 0 atom stereocenters. The summed E-state index contributed by atoms with van der Waals surface area (Å²) in [6.07, 6.45) is 0.765. The lowest BCUT2D eigenvalue weighted by Gasteiger charge is -2.19. The summed E-state index contributed by atoms with van der Waals surface area (Å²) in [4.78, 5) is 15.1. The quantitative estimate of drug-likeness (QED) is 0.802. The molecule has 0 saturated carbocycles. The first kappa shape index (κ1) is 13.1. The smallest absolute Gasteiger partial charge is 0.114 e. The molecule has 0 aliphatic carbocycles. The summed E-state index contributed by atoms with van der Waals surface area (Å²) >= 11 is 0. The fourth-order valence-electron chi connectivity index (χ4n) is 2.91. The lowest BCUT2D eigenvalue weighted by atomic mass is 10.2. The fourth-order valence-corrected chi connectivity index (χ4v) is 2.91. The summed E-state index contributed by atoms with van der Waals surface area (Å²) < 4.78 is 0. The normalized spacial score (nSPS) is 14.5. The molecule has 22 heavy (non-hydrogen) atoms. The fraction of sp³-hybridized carbons (Fsp3) is 0.222. The molecule has 0 fully saturated rings. The Morgan fingerprint density at radius 3 is 2.68 bits per heavy atom. The molecule has 3 aromatic rings. The van der Waals surface area contributed by atoms with E-state index in [2.05, 4.69) is 56.3 Å². The third kappa shape index (κ3) is 2.60. The first-order chi connectivity index (χ1) is 10.9. The van der Waals surface area contributed by atoms with Crippen LogP contribution in [0.2, 0.25) is 0 Å². The largest absolute Gasteiger partial charge is 0.354 e. The number of para-hydroxylation sites is 2. The number of hydrogen-bond donors (Lipinski definition) is 1. The first-order valence-electron chi connectivity index (χ1n) is 7.64. The number of nitrogens with zero attached hydrogens (tertiary/aromatic N) is 3. The lowest BCUT2D eigenvalue weighted by molar-refractivity contribution is 0.445. The van der Waals surface area contributed by atoms with Crippen LogP contribution in [0.4, 0.5) is 0 Å². The number of aromatic nitrogens is 2. The molecule has 2 heterocycles. The van der Waals surface area contributed by atoms with E-state index in [1.807, 2.05) is 18.2 Å². The van der Waals surface area contributed by atoms with Crippen molar-refractivity contribution in [2.24, 2.45) is 4.99 Å². The molecule has 0 bridgehead atoms. The van der Waals surface area contributed by atoms with Crippen LogP contribution in [0.25, 0.3) is 11.0 Å². The number of amidine groups is 1. The summed E-state index contributed by atoms with van der Waals surface area (Å²) in [6.45, 7) is 2.78. The van der Waals surface area contributed by atoms with Crippen LogP contribution in [0.3, 0.4) is 0 Å². The highest BCUT2D eigenvalue weighted by Crippen LogP contribution is 2.15. The first-order valence-corrected chi connectivity index (χ1v) is 7.64.